The summed E-state index contributed by atoms with van der Waals surface area (Å²) in [5.41, 5.74) is 0.145. The highest BCUT2D eigenvalue weighted by atomic mass is 19.1. The summed E-state index contributed by atoms with van der Waals surface area (Å²) in [6, 6.07) is 4.66. The first-order chi connectivity index (χ1) is 9.56. The van der Waals surface area contributed by atoms with Gasteiger partial charge in [0, 0.05) is 5.56 Å². The van der Waals surface area contributed by atoms with Crippen molar-refractivity contribution >= 4 is 23.4 Å². The van der Waals surface area contributed by atoms with Gasteiger partial charge in [-0.2, -0.15) is 5.21 Å². The van der Waals surface area contributed by atoms with Crippen molar-refractivity contribution in [2.75, 3.05) is 5.32 Å². The number of carbonyl (C=O) groups excluding carboxylic acids is 3. The standard InChI is InChI=1S/C11H8FN5O3/c12-7-3-1-6(2-4-7)8(18)5-9(19)10(20)13-11-14-16-17-15-11/h1-4H,5H2,(H2,13,14,15,16,17,20). The first-order valence-corrected chi connectivity index (χ1v) is 5.42. The molecule has 0 saturated carbocycles. The van der Waals surface area contributed by atoms with Gasteiger partial charge >= 0.3 is 0 Å². The van der Waals surface area contributed by atoms with Crippen molar-refractivity contribution in [1.29, 1.82) is 0 Å². The number of carbonyl (C=O) groups is 3. The van der Waals surface area contributed by atoms with Crippen molar-refractivity contribution < 1.29 is 18.8 Å². The monoisotopic (exact) mass is 277 g/mol. The average Bonchev–Trinajstić information content (AvgIpc) is 2.92. The number of halogens is 1. The molecule has 2 rings (SSSR count). The van der Waals surface area contributed by atoms with E-state index in [2.05, 4.69) is 25.9 Å². The van der Waals surface area contributed by atoms with Gasteiger partial charge in [-0.05, 0) is 29.5 Å². The predicted octanol–water partition coefficient (Wildman–Crippen LogP) is 0.119. The number of tetrazole rings is 1. The summed E-state index contributed by atoms with van der Waals surface area (Å²) < 4.78 is 12.7. The van der Waals surface area contributed by atoms with E-state index in [0.717, 1.165) is 12.1 Å². The molecule has 8 nitrogen and oxygen atoms in total. The summed E-state index contributed by atoms with van der Waals surface area (Å²) in [6.45, 7) is 0. The number of H-pyrrole nitrogens is 1. The second-order valence-corrected chi connectivity index (χ2v) is 3.72. The Labute approximate surface area is 111 Å². The maximum Gasteiger partial charge on any atom is 0.294 e. The molecule has 0 bridgehead atoms. The van der Waals surface area contributed by atoms with Gasteiger partial charge in [-0.3, -0.25) is 19.7 Å². The highest BCUT2D eigenvalue weighted by Gasteiger charge is 2.20. The number of nitrogens with zero attached hydrogens (tertiary/aromatic N) is 3. The zero-order valence-electron chi connectivity index (χ0n) is 9.96. The SMILES string of the molecule is O=C(CC(=O)c1ccc(F)cc1)C(=O)Nc1nn[nH]n1. The molecular formula is C11H8FN5O3. The number of hydrogen-bond donors (Lipinski definition) is 2. The fourth-order valence-corrected chi connectivity index (χ4v) is 1.35. The Morgan fingerprint density at radius 3 is 2.50 bits per heavy atom. The lowest BCUT2D eigenvalue weighted by Gasteiger charge is -2.00. The van der Waals surface area contributed by atoms with Gasteiger partial charge in [-0.15, -0.1) is 5.10 Å². The molecule has 2 N–H and O–H groups in total. The molecular weight excluding hydrogens is 269 g/mol. The highest BCUT2D eigenvalue weighted by Crippen LogP contribution is 2.06. The Kier molecular flexibility index (Phi) is 3.89. The maximum atomic E-state index is 12.7. The van der Waals surface area contributed by atoms with Crippen LogP contribution in [0.4, 0.5) is 10.3 Å². The number of nitrogens with one attached hydrogen (secondary N) is 2. The minimum absolute atomic E-state index is 0.145. The first kappa shape index (κ1) is 13.5. The predicted molar refractivity (Wildman–Crippen MR) is 63.2 cm³/mol. The van der Waals surface area contributed by atoms with Crippen molar-refractivity contribution in [1.82, 2.24) is 20.6 Å². The van der Waals surface area contributed by atoms with Crippen molar-refractivity contribution in [2.24, 2.45) is 0 Å². The summed E-state index contributed by atoms with van der Waals surface area (Å²) in [7, 11) is 0. The number of ketones is 2. The normalized spacial score (nSPS) is 10.1. The van der Waals surface area contributed by atoms with Crippen LogP contribution < -0.4 is 5.32 Å². The molecule has 9 heteroatoms. The van der Waals surface area contributed by atoms with E-state index in [1.807, 2.05) is 0 Å². The van der Waals surface area contributed by atoms with Gasteiger partial charge in [0.1, 0.15) is 5.82 Å². The maximum absolute atomic E-state index is 12.7. The van der Waals surface area contributed by atoms with Gasteiger partial charge in [-0.25, -0.2) is 4.39 Å². The molecule has 0 aliphatic heterocycles. The van der Waals surface area contributed by atoms with E-state index in [-0.39, 0.29) is 11.5 Å². The lowest BCUT2D eigenvalue weighted by atomic mass is 10.1. The number of Topliss-reactive ketones (excluding diaryl/α,β-unsaturated/α-hetero) is 2. The average molecular weight is 277 g/mol. The molecule has 1 heterocycles. The van der Waals surface area contributed by atoms with Crippen LogP contribution in [0.2, 0.25) is 0 Å². The van der Waals surface area contributed by atoms with Crippen LogP contribution in [0.3, 0.4) is 0 Å². The molecule has 0 aliphatic rings. The number of anilines is 1. The van der Waals surface area contributed by atoms with Crippen LogP contribution in [0, 0.1) is 5.82 Å². The van der Waals surface area contributed by atoms with E-state index in [1.165, 1.54) is 12.1 Å². The minimum atomic E-state index is -1.03. The summed E-state index contributed by atoms with van der Waals surface area (Å²) in [6.07, 6.45) is -0.630. The Bertz CT molecular complexity index is 639. The van der Waals surface area contributed by atoms with Gasteiger partial charge in [-0.1, -0.05) is 5.10 Å². The summed E-state index contributed by atoms with van der Waals surface area (Å²) >= 11 is 0. The fourth-order valence-electron chi connectivity index (χ4n) is 1.35. The van der Waals surface area contributed by atoms with Crippen LogP contribution >= 0.6 is 0 Å². The van der Waals surface area contributed by atoms with Crippen LogP contribution in [-0.4, -0.2) is 38.1 Å². The highest BCUT2D eigenvalue weighted by molar-refractivity contribution is 6.43. The Morgan fingerprint density at radius 1 is 1.20 bits per heavy atom. The van der Waals surface area contributed by atoms with Crippen LogP contribution in [0.5, 0.6) is 0 Å². The van der Waals surface area contributed by atoms with E-state index in [9.17, 15) is 18.8 Å². The van der Waals surface area contributed by atoms with Crippen LogP contribution in [0.1, 0.15) is 16.8 Å². The minimum Gasteiger partial charge on any atom is -0.294 e. The molecule has 0 radical (unpaired) electrons. The number of hydrogen-bond acceptors (Lipinski definition) is 6. The lowest BCUT2D eigenvalue weighted by molar-refractivity contribution is -0.134. The molecule has 102 valence electrons. The number of aromatic amines is 1. The smallest absolute Gasteiger partial charge is 0.294 e. The molecule has 0 saturated heterocycles. The Hall–Kier alpha value is -2.97. The van der Waals surface area contributed by atoms with E-state index < -0.39 is 29.7 Å². The number of amides is 1. The molecule has 0 unspecified atom stereocenters. The van der Waals surface area contributed by atoms with Gasteiger partial charge in [0.2, 0.25) is 5.78 Å². The zero-order chi connectivity index (χ0) is 14.5. The molecule has 20 heavy (non-hydrogen) atoms. The summed E-state index contributed by atoms with van der Waals surface area (Å²) in [5.74, 6) is -3.23. The summed E-state index contributed by atoms with van der Waals surface area (Å²) in [5, 5.41) is 14.2. The van der Waals surface area contributed by atoms with Crippen molar-refractivity contribution in [3.63, 3.8) is 0 Å². The molecule has 0 spiro atoms. The van der Waals surface area contributed by atoms with Gasteiger partial charge in [0.15, 0.2) is 5.78 Å². The largest absolute Gasteiger partial charge is 0.294 e. The zero-order valence-corrected chi connectivity index (χ0v) is 9.96. The number of benzene rings is 1. The molecule has 1 amide bonds. The molecule has 0 aliphatic carbocycles. The molecule has 1 aromatic heterocycles. The molecule has 0 fully saturated rings. The second kappa shape index (κ2) is 5.78. The Balaban J connectivity index is 1.95. The molecule has 1 aromatic carbocycles. The van der Waals surface area contributed by atoms with E-state index in [0.29, 0.717) is 0 Å². The molecule has 0 atom stereocenters. The first-order valence-electron chi connectivity index (χ1n) is 5.42. The van der Waals surface area contributed by atoms with Gasteiger partial charge in [0.05, 0.1) is 6.42 Å². The van der Waals surface area contributed by atoms with Crippen molar-refractivity contribution in [3.05, 3.63) is 35.6 Å². The number of aromatic nitrogens is 4. The number of rotatable bonds is 5. The molecule has 2 aromatic rings. The third kappa shape index (κ3) is 3.28. The lowest BCUT2D eigenvalue weighted by Crippen LogP contribution is -2.25. The topological polar surface area (TPSA) is 118 Å². The van der Waals surface area contributed by atoms with E-state index in [1.54, 1.807) is 0 Å². The quantitative estimate of drug-likeness (QED) is 0.455. The van der Waals surface area contributed by atoms with Gasteiger partial charge in [0.25, 0.3) is 11.9 Å². The van der Waals surface area contributed by atoms with E-state index >= 15 is 0 Å². The summed E-state index contributed by atoms with van der Waals surface area (Å²) in [4.78, 5) is 34.7. The second-order valence-electron chi connectivity index (χ2n) is 3.72. The van der Waals surface area contributed by atoms with E-state index in [4.69, 9.17) is 0 Å². The Morgan fingerprint density at radius 2 is 1.90 bits per heavy atom. The van der Waals surface area contributed by atoms with Crippen LogP contribution in [-0.2, 0) is 9.59 Å². The van der Waals surface area contributed by atoms with Crippen LogP contribution in [0.25, 0.3) is 0 Å². The third-order valence-corrected chi connectivity index (χ3v) is 2.31. The van der Waals surface area contributed by atoms with Gasteiger partial charge < -0.3 is 0 Å². The van der Waals surface area contributed by atoms with Crippen molar-refractivity contribution in [2.45, 2.75) is 6.42 Å². The third-order valence-electron chi connectivity index (χ3n) is 2.31. The fraction of sp³-hybridized carbons (Fsp3) is 0.0909. The van der Waals surface area contributed by atoms with Crippen molar-refractivity contribution in [3.8, 4) is 0 Å². The van der Waals surface area contributed by atoms with Crippen LogP contribution in [0.15, 0.2) is 24.3 Å².